The third-order valence-electron chi connectivity index (χ3n) is 4.72. The fourth-order valence-corrected chi connectivity index (χ4v) is 5.18. The molecule has 6 nitrogen and oxygen atoms in total. The highest BCUT2D eigenvalue weighted by Crippen LogP contribution is 2.20. The second-order valence-electron chi connectivity index (χ2n) is 6.94. The van der Waals surface area contributed by atoms with Gasteiger partial charge in [0.1, 0.15) is 0 Å². The number of carbonyl (C=O) groups is 1. The number of sulfonamides is 1. The van der Waals surface area contributed by atoms with Crippen LogP contribution in [0.2, 0.25) is 0 Å². The number of thioether (sulfide) groups is 1. The normalized spacial score (nSPS) is 15.4. The molecular weight excluding hydrogens is 418 g/mol. The Morgan fingerprint density at radius 1 is 1.10 bits per heavy atom. The minimum atomic E-state index is -3.47. The molecule has 160 valence electrons. The monoisotopic (exact) mass is 445 g/mol. The van der Waals surface area contributed by atoms with E-state index in [1.54, 1.807) is 25.1 Å². The van der Waals surface area contributed by atoms with Crippen LogP contribution >= 0.6 is 11.8 Å². The maximum atomic E-state index is 12.4. The van der Waals surface area contributed by atoms with Gasteiger partial charge in [0.05, 0.1) is 4.90 Å². The van der Waals surface area contributed by atoms with Crippen molar-refractivity contribution in [3.8, 4) is 0 Å². The Labute approximate surface area is 182 Å². The Morgan fingerprint density at radius 2 is 1.80 bits per heavy atom. The van der Waals surface area contributed by atoms with Crippen LogP contribution in [0.3, 0.4) is 0 Å². The number of hydrogen-bond donors (Lipinski definition) is 2. The fraction of sp³-hybridized carbons (Fsp3) is 0.318. The van der Waals surface area contributed by atoms with Crippen LogP contribution in [0.5, 0.6) is 0 Å². The van der Waals surface area contributed by atoms with Gasteiger partial charge in [0.2, 0.25) is 15.9 Å². The van der Waals surface area contributed by atoms with Crippen molar-refractivity contribution in [2.24, 2.45) is 0 Å². The van der Waals surface area contributed by atoms with Crippen LogP contribution in [0.25, 0.3) is 6.08 Å². The molecule has 0 aliphatic carbocycles. The number of para-hydroxylation sites is 1. The third kappa shape index (κ3) is 6.43. The van der Waals surface area contributed by atoms with Gasteiger partial charge in [-0.3, -0.25) is 9.69 Å². The molecule has 2 aromatic rings. The van der Waals surface area contributed by atoms with E-state index in [1.165, 1.54) is 18.2 Å². The maximum Gasteiger partial charge on any atom is 0.248 e. The van der Waals surface area contributed by atoms with Crippen molar-refractivity contribution in [1.82, 2.24) is 9.62 Å². The first-order valence-corrected chi connectivity index (χ1v) is 12.6. The summed E-state index contributed by atoms with van der Waals surface area (Å²) in [5.41, 5.74) is 2.67. The summed E-state index contributed by atoms with van der Waals surface area (Å²) in [6.07, 6.45) is 3.13. The highest BCUT2D eigenvalue weighted by atomic mass is 32.2. The average Bonchev–Trinajstić information content (AvgIpc) is 2.75. The van der Waals surface area contributed by atoms with E-state index >= 15 is 0 Å². The summed E-state index contributed by atoms with van der Waals surface area (Å²) in [6.45, 7) is 5.01. The summed E-state index contributed by atoms with van der Waals surface area (Å²) in [5, 5.41) is 2.96. The molecule has 1 aliphatic heterocycles. The molecule has 1 heterocycles. The van der Waals surface area contributed by atoms with Gasteiger partial charge < -0.3 is 5.32 Å². The highest BCUT2D eigenvalue weighted by molar-refractivity contribution is 7.99. The standard InChI is InChI=1S/C22H27N3O3S2/c1-2-23-30(27,28)20-10-7-18(8-11-20)9-12-22(26)24-21-6-4-3-5-19(21)17-25-13-15-29-16-14-25/h3-12,23H,2,13-17H2,1H3,(H,24,26)/b12-9+. The van der Waals surface area contributed by atoms with Gasteiger partial charge in [-0.05, 0) is 35.4 Å². The summed E-state index contributed by atoms with van der Waals surface area (Å²) in [4.78, 5) is 15.0. The van der Waals surface area contributed by atoms with E-state index in [2.05, 4.69) is 14.9 Å². The molecule has 0 bridgehead atoms. The molecule has 0 aromatic heterocycles. The first-order valence-electron chi connectivity index (χ1n) is 9.95. The Kier molecular flexibility index (Phi) is 8.09. The van der Waals surface area contributed by atoms with Crippen molar-refractivity contribution >= 4 is 39.5 Å². The van der Waals surface area contributed by atoms with Crippen molar-refractivity contribution in [3.05, 3.63) is 65.7 Å². The highest BCUT2D eigenvalue weighted by Gasteiger charge is 2.14. The lowest BCUT2D eigenvalue weighted by molar-refractivity contribution is -0.111. The predicted molar refractivity (Wildman–Crippen MR) is 124 cm³/mol. The summed E-state index contributed by atoms with van der Waals surface area (Å²) < 4.78 is 26.4. The van der Waals surface area contributed by atoms with Gasteiger partial charge in [-0.15, -0.1) is 0 Å². The Bertz CT molecular complexity index is 983. The molecule has 0 spiro atoms. The van der Waals surface area contributed by atoms with Crippen LogP contribution in [0.15, 0.2) is 59.5 Å². The van der Waals surface area contributed by atoms with E-state index in [-0.39, 0.29) is 10.8 Å². The number of carbonyl (C=O) groups excluding carboxylic acids is 1. The Balaban J connectivity index is 1.62. The summed E-state index contributed by atoms with van der Waals surface area (Å²) >= 11 is 1.98. The smallest absolute Gasteiger partial charge is 0.248 e. The molecule has 2 N–H and O–H groups in total. The van der Waals surface area contributed by atoms with Gasteiger partial charge in [-0.1, -0.05) is 37.3 Å². The van der Waals surface area contributed by atoms with Crippen LogP contribution in [0.1, 0.15) is 18.1 Å². The molecule has 1 amide bonds. The van der Waals surface area contributed by atoms with Crippen molar-refractivity contribution < 1.29 is 13.2 Å². The molecule has 0 saturated carbocycles. The summed E-state index contributed by atoms with van der Waals surface area (Å²) in [7, 11) is -3.47. The van der Waals surface area contributed by atoms with Crippen LogP contribution in [-0.2, 0) is 21.4 Å². The van der Waals surface area contributed by atoms with Crippen LogP contribution in [0.4, 0.5) is 5.69 Å². The zero-order chi connectivity index (χ0) is 21.4. The van der Waals surface area contributed by atoms with Crippen LogP contribution in [0, 0.1) is 0 Å². The van der Waals surface area contributed by atoms with E-state index in [4.69, 9.17) is 0 Å². The summed E-state index contributed by atoms with van der Waals surface area (Å²) in [5.74, 6) is 2.07. The molecule has 8 heteroatoms. The van der Waals surface area contributed by atoms with Gasteiger partial charge in [0, 0.05) is 49.4 Å². The minimum absolute atomic E-state index is 0.205. The second-order valence-corrected chi connectivity index (χ2v) is 9.93. The Hall–Kier alpha value is -2.13. The first-order chi connectivity index (χ1) is 14.5. The van der Waals surface area contributed by atoms with Gasteiger partial charge in [0.25, 0.3) is 0 Å². The van der Waals surface area contributed by atoms with E-state index in [9.17, 15) is 13.2 Å². The van der Waals surface area contributed by atoms with E-state index in [0.29, 0.717) is 6.54 Å². The van der Waals surface area contributed by atoms with Crippen molar-refractivity contribution in [2.45, 2.75) is 18.4 Å². The van der Waals surface area contributed by atoms with Gasteiger partial charge in [-0.25, -0.2) is 13.1 Å². The van der Waals surface area contributed by atoms with E-state index < -0.39 is 10.0 Å². The predicted octanol–water partition coefficient (Wildman–Crippen LogP) is 3.19. The number of benzene rings is 2. The van der Waals surface area contributed by atoms with Crippen molar-refractivity contribution in [3.63, 3.8) is 0 Å². The second kappa shape index (κ2) is 10.8. The van der Waals surface area contributed by atoms with Crippen molar-refractivity contribution in [2.75, 3.05) is 36.5 Å². The Morgan fingerprint density at radius 3 is 2.50 bits per heavy atom. The van der Waals surface area contributed by atoms with Gasteiger partial charge in [-0.2, -0.15) is 11.8 Å². The fourth-order valence-electron chi connectivity index (χ4n) is 3.16. The number of amides is 1. The number of rotatable bonds is 8. The average molecular weight is 446 g/mol. The molecule has 1 fully saturated rings. The zero-order valence-electron chi connectivity index (χ0n) is 17.0. The van der Waals surface area contributed by atoms with Crippen LogP contribution in [-0.4, -0.2) is 50.4 Å². The van der Waals surface area contributed by atoms with E-state index in [1.807, 2.05) is 36.0 Å². The molecule has 2 aromatic carbocycles. The molecule has 1 aliphatic rings. The third-order valence-corrected chi connectivity index (χ3v) is 7.23. The molecular formula is C22H27N3O3S2. The zero-order valence-corrected chi connectivity index (χ0v) is 18.6. The molecule has 1 saturated heterocycles. The lowest BCUT2D eigenvalue weighted by Crippen LogP contribution is -2.32. The lowest BCUT2D eigenvalue weighted by atomic mass is 10.1. The van der Waals surface area contributed by atoms with Crippen molar-refractivity contribution in [1.29, 1.82) is 0 Å². The molecule has 30 heavy (non-hydrogen) atoms. The lowest BCUT2D eigenvalue weighted by Gasteiger charge is -2.27. The summed E-state index contributed by atoms with van der Waals surface area (Å²) in [6, 6.07) is 14.3. The molecule has 0 radical (unpaired) electrons. The SMILES string of the molecule is CCNS(=O)(=O)c1ccc(/C=C/C(=O)Nc2ccccc2CN2CCSCC2)cc1. The maximum absolute atomic E-state index is 12.4. The van der Waals surface area contributed by atoms with Gasteiger partial charge >= 0.3 is 0 Å². The topological polar surface area (TPSA) is 78.5 Å². The quantitative estimate of drug-likeness (QED) is 0.610. The minimum Gasteiger partial charge on any atom is -0.322 e. The van der Waals surface area contributed by atoms with E-state index in [0.717, 1.165) is 48.0 Å². The number of hydrogen-bond acceptors (Lipinski definition) is 5. The first kappa shape index (κ1) is 22.6. The number of nitrogens with zero attached hydrogens (tertiary/aromatic N) is 1. The number of nitrogens with one attached hydrogen (secondary N) is 2. The van der Waals surface area contributed by atoms with Gasteiger partial charge in [0.15, 0.2) is 0 Å². The number of anilines is 1. The molecule has 0 unspecified atom stereocenters. The largest absolute Gasteiger partial charge is 0.322 e. The molecule has 0 atom stereocenters. The van der Waals surface area contributed by atoms with Crippen LogP contribution < -0.4 is 10.0 Å². The molecule has 3 rings (SSSR count).